The molecule has 0 aromatic heterocycles. The van der Waals surface area contributed by atoms with Gasteiger partial charge in [0.25, 0.3) is 0 Å². The quantitative estimate of drug-likeness (QED) is 0.622. The summed E-state index contributed by atoms with van der Waals surface area (Å²) in [6.45, 7) is 9.43. The normalized spacial score (nSPS) is 11.5. The summed E-state index contributed by atoms with van der Waals surface area (Å²) in [4.78, 5) is 11.9. The van der Waals surface area contributed by atoms with E-state index < -0.39 is 0 Å². The van der Waals surface area contributed by atoms with E-state index in [1.165, 1.54) is 11.1 Å². The second-order valence-corrected chi connectivity index (χ2v) is 7.13. The Morgan fingerprint density at radius 3 is 2.44 bits per heavy atom. The Morgan fingerprint density at radius 2 is 1.76 bits per heavy atom. The Kier molecular flexibility index (Phi) is 6.40. The second-order valence-electron chi connectivity index (χ2n) is 7.13. The van der Waals surface area contributed by atoms with Gasteiger partial charge < -0.3 is 10.1 Å². The van der Waals surface area contributed by atoms with Crippen LogP contribution in [-0.2, 0) is 10.2 Å². The molecule has 0 heterocycles. The number of nitrogens with one attached hydrogen (secondary N) is 1. The summed E-state index contributed by atoms with van der Waals surface area (Å²) in [6, 6.07) is 16.1. The van der Waals surface area contributed by atoms with Gasteiger partial charge in [0, 0.05) is 6.08 Å². The summed E-state index contributed by atoms with van der Waals surface area (Å²) in [6.07, 6.45) is 3.36. The standard InChI is InChI=1S/C22H27NO2/c1-17-9-11-18(12-10-17)13-14-21(24)23-15-16-25-20-8-6-5-7-19(20)22(2,3)4/h5-14H,15-16H2,1-4H3,(H,23,24)/b14-13+. The summed E-state index contributed by atoms with van der Waals surface area (Å²) in [5.41, 5.74) is 3.40. The molecule has 0 fully saturated rings. The van der Waals surface area contributed by atoms with Crippen LogP contribution in [-0.4, -0.2) is 19.1 Å². The highest BCUT2D eigenvalue weighted by atomic mass is 16.5. The van der Waals surface area contributed by atoms with Crippen LogP contribution in [0.1, 0.15) is 37.5 Å². The Hall–Kier alpha value is -2.55. The Bertz CT molecular complexity index is 724. The molecule has 3 heteroatoms. The minimum absolute atomic E-state index is 0.0244. The summed E-state index contributed by atoms with van der Waals surface area (Å²) in [7, 11) is 0. The zero-order valence-corrected chi connectivity index (χ0v) is 15.5. The highest BCUT2D eigenvalue weighted by Gasteiger charge is 2.18. The van der Waals surface area contributed by atoms with Crippen molar-refractivity contribution in [3.63, 3.8) is 0 Å². The van der Waals surface area contributed by atoms with Crippen molar-refractivity contribution in [2.45, 2.75) is 33.1 Å². The highest BCUT2D eigenvalue weighted by molar-refractivity contribution is 5.91. The van der Waals surface area contributed by atoms with Crippen LogP contribution < -0.4 is 10.1 Å². The van der Waals surface area contributed by atoms with Crippen molar-refractivity contribution in [3.8, 4) is 5.75 Å². The zero-order chi connectivity index (χ0) is 18.3. The van der Waals surface area contributed by atoms with E-state index in [9.17, 15) is 4.79 Å². The van der Waals surface area contributed by atoms with E-state index >= 15 is 0 Å². The third-order valence-electron chi connectivity index (χ3n) is 3.86. The maximum Gasteiger partial charge on any atom is 0.244 e. The predicted octanol–water partition coefficient (Wildman–Crippen LogP) is 4.50. The Balaban J connectivity index is 1.80. The van der Waals surface area contributed by atoms with Gasteiger partial charge in [-0.1, -0.05) is 68.8 Å². The van der Waals surface area contributed by atoms with Crippen LogP contribution in [0.15, 0.2) is 54.6 Å². The third-order valence-corrected chi connectivity index (χ3v) is 3.86. The fourth-order valence-corrected chi connectivity index (χ4v) is 2.46. The molecular weight excluding hydrogens is 310 g/mol. The molecule has 132 valence electrons. The molecule has 0 atom stereocenters. The van der Waals surface area contributed by atoms with Crippen LogP contribution in [0.2, 0.25) is 0 Å². The topological polar surface area (TPSA) is 38.3 Å². The number of ether oxygens (including phenoxy) is 1. The first-order valence-corrected chi connectivity index (χ1v) is 8.61. The van der Waals surface area contributed by atoms with E-state index in [0.29, 0.717) is 13.2 Å². The van der Waals surface area contributed by atoms with E-state index in [1.54, 1.807) is 6.08 Å². The summed E-state index contributed by atoms with van der Waals surface area (Å²) in [5.74, 6) is 0.757. The molecule has 0 saturated carbocycles. The van der Waals surface area contributed by atoms with Crippen molar-refractivity contribution in [3.05, 3.63) is 71.3 Å². The van der Waals surface area contributed by atoms with Crippen LogP contribution in [0.4, 0.5) is 0 Å². The highest BCUT2D eigenvalue weighted by Crippen LogP contribution is 2.30. The maximum absolute atomic E-state index is 11.9. The van der Waals surface area contributed by atoms with Gasteiger partial charge in [0.05, 0.1) is 6.54 Å². The number of hydrogen-bond donors (Lipinski definition) is 1. The summed E-state index contributed by atoms with van der Waals surface area (Å²) < 4.78 is 5.85. The van der Waals surface area contributed by atoms with E-state index in [0.717, 1.165) is 11.3 Å². The van der Waals surface area contributed by atoms with Gasteiger partial charge >= 0.3 is 0 Å². The van der Waals surface area contributed by atoms with E-state index in [-0.39, 0.29) is 11.3 Å². The van der Waals surface area contributed by atoms with Gasteiger partial charge in [0.15, 0.2) is 0 Å². The molecule has 0 aliphatic carbocycles. The monoisotopic (exact) mass is 337 g/mol. The lowest BCUT2D eigenvalue weighted by Crippen LogP contribution is -2.26. The zero-order valence-electron chi connectivity index (χ0n) is 15.5. The molecule has 0 radical (unpaired) electrons. The van der Waals surface area contributed by atoms with Crippen LogP contribution in [0.25, 0.3) is 6.08 Å². The first kappa shape index (κ1) is 18.8. The predicted molar refractivity (Wildman–Crippen MR) is 104 cm³/mol. The van der Waals surface area contributed by atoms with Crippen molar-refractivity contribution >= 4 is 12.0 Å². The van der Waals surface area contributed by atoms with E-state index in [1.807, 2.05) is 55.5 Å². The SMILES string of the molecule is Cc1ccc(/C=C/C(=O)NCCOc2ccccc2C(C)(C)C)cc1. The summed E-state index contributed by atoms with van der Waals surface area (Å²) in [5, 5.41) is 2.84. The van der Waals surface area contributed by atoms with Crippen LogP contribution in [0.3, 0.4) is 0 Å². The van der Waals surface area contributed by atoms with E-state index in [2.05, 4.69) is 32.2 Å². The Morgan fingerprint density at radius 1 is 1.08 bits per heavy atom. The van der Waals surface area contributed by atoms with Gasteiger partial charge in [0.2, 0.25) is 5.91 Å². The molecule has 1 N–H and O–H groups in total. The van der Waals surface area contributed by atoms with Crippen LogP contribution >= 0.6 is 0 Å². The fourth-order valence-electron chi connectivity index (χ4n) is 2.46. The molecule has 0 unspecified atom stereocenters. The van der Waals surface area contributed by atoms with Crippen molar-refractivity contribution < 1.29 is 9.53 Å². The third kappa shape index (κ3) is 6.11. The average molecular weight is 337 g/mol. The molecule has 2 aromatic rings. The van der Waals surface area contributed by atoms with Gasteiger partial charge in [-0.3, -0.25) is 4.79 Å². The van der Waals surface area contributed by atoms with Gasteiger partial charge in [0.1, 0.15) is 12.4 Å². The first-order valence-electron chi connectivity index (χ1n) is 8.61. The van der Waals surface area contributed by atoms with Crippen LogP contribution in [0, 0.1) is 6.92 Å². The van der Waals surface area contributed by atoms with Crippen molar-refractivity contribution in [2.24, 2.45) is 0 Å². The second kappa shape index (κ2) is 8.52. The lowest BCUT2D eigenvalue weighted by atomic mass is 9.86. The lowest BCUT2D eigenvalue weighted by molar-refractivity contribution is -0.116. The molecule has 3 nitrogen and oxygen atoms in total. The molecule has 0 saturated heterocycles. The van der Waals surface area contributed by atoms with E-state index in [4.69, 9.17) is 4.74 Å². The van der Waals surface area contributed by atoms with Crippen molar-refractivity contribution in [2.75, 3.05) is 13.2 Å². The van der Waals surface area contributed by atoms with Gasteiger partial charge in [-0.15, -0.1) is 0 Å². The fraction of sp³-hybridized carbons (Fsp3) is 0.318. The average Bonchev–Trinajstić information content (AvgIpc) is 2.58. The molecule has 0 aliphatic rings. The van der Waals surface area contributed by atoms with Gasteiger partial charge in [-0.05, 0) is 35.6 Å². The maximum atomic E-state index is 11.9. The molecule has 0 spiro atoms. The molecule has 0 aliphatic heterocycles. The molecule has 2 aromatic carbocycles. The van der Waals surface area contributed by atoms with Crippen molar-refractivity contribution in [1.29, 1.82) is 0 Å². The minimum Gasteiger partial charge on any atom is -0.491 e. The number of rotatable bonds is 6. The molecule has 25 heavy (non-hydrogen) atoms. The number of aryl methyl sites for hydroxylation is 1. The molecular formula is C22H27NO2. The minimum atomic E-state index is -0.117. The molecule has 2 rings (SSSR count). The van der Waals surface area contributed by atoms with Crippen LogP contribution in [0.5, 0.6) is 5.75 Å². The number of carbonyl (C=O) groups is 1. The number of hydrogen-bond acceptors (Lipinski definition) is 2. The van der Waals surface area contributed by atoms with Crippen molar-refractivity contribution in [1.82, 2.24) is 5.32 Å². The first-order chi connectivity index (χ1) is 11.9. The Labute approximate surface area is 150 Å². The number of carbonyl (C=O) groups excluding carboxylic acids is 1. The number of para-hydroxylation sites is 1. The smallest absolute Gasteiger partial charge is 0.244 e. The molecule has 0 bridgehead atoms. The number of benzene rings is 2. The summed E-state index contributed by atoms with van der Waals surface area (Å²) >= 11 is 0. The van der Waals surface area contributed by atoms with Gasteiger partial charge in [-0.25, -0.2) is 0 Å². The largest absolute Gasteiger partial charge is 0.491 e. The number of amides is 1. The lowest BCUT2D eigenvalue weighted by Gasteiger charge is -2.22. The van der Waals surface area contributed by atoms with Gasteiger partial charge in [-0.2, -0.15) is 0 Å². The molecule has 1 amide bonds.